The van der Waals surface area contributed by atoms with Crippen LogP contribution in [0.2, 0.25) is 0 Å². The number of piperidine rings is 1. The third-order valence-corrected chi connectivity index (χ3v) is 5.50. The van der Waals surface area contributed by atoms with Crippen LogP contribution in [0.3, 0.4) is 0 Å². The number of hydrogen-bond donors (Lipinski definition) is 2. The maximum atomic E-state index is 12.4. The molecule has 1 fully saturated rings. The predicted molar refractivity (Wildman–Crippen MR) is 103 cm³/mol. The van der Waals surface area contributed by atoms with E-state index in [1.54, 1.807) is 0 Å². The second kappa shape index (κ2) is 9.02. The van der Waals surface area contributed by atoms with E-state index in [0.29, 0.717) is 19.3 Å². The van der Waals surface area contributed by atoms with Crippen molar-refractivity contribution in [2.75, 3.05) is 19.6 Å². The molecule has 1 aromatic carbocycles. The van der Waals surface area contributed by atoms with Gasteiger partial charge < -0.3 is 15.3 Å². The predicted octanol–water partition coefficient (Wildman–Crippen LogP) is 3.34. The molecule has 5 heteroatoms. The van der Waals surface area contributed by atoms with Gasteiger partial charge in [-0.25, -0.2) is 0 Å². The molecule has 25 heavy (non-hydrogen) atoms. The second-order valence-corrected chi connectivity index (χ2v) is 7.93. The van der Waals surface area contributed by atoms with E-state index in [1.807, 2.05) is 51.1 Å². The Bertz CT molecular complexity index is 542. The van der Waals surface area contributed by atoms with E-state index in [4.69, 9.17) is 11.6 Å². The van der Waals surface area contributed by atoms with Crippen LogP contribution in [0.25, 0.3) is 0 Å². The minimum atomic E-state index is -0.918. The number of likely N-dealkylation sites (tertiary alicyclic amines) is 1. The molecule has 1 heterocycles. The molecular weight excluding hydrogens is 336 g/mol. The molecule has 2 atom stereocenters. The van der Waals surface area contributed by atoms with Crippen molar-refractivity contribution in [2.45, 2.75) is 57.1 Å². The van der Waals surface area contributed by atoms with Crippen LogP contribution in [0.1, 0.15) is 51.0 Å². The van der Waals surface area contributed by atoms with E-state index < -0.39 is 5.60 Å². The Hall–Kier alpha value is -1.10. The maximum absolute atomic E-state index is 12.4. The average molecular weight is 367 g/mol. The normalized spacial score (nSPS) is 20.2. The van der Waals surface area contributed by atoms with Gasteiger partial charge in [-0.1, -0.05) is 37.3 Å². The summed E-state index contributed by atoms with van der Waals surface area (Å²) in [5.74, 6) is -0.383. The zero-order chi connectivity index (χ0) is 18.4. The van der Waals surface area contributed by atoms with Crippen LogP contribution >= 0.6 is 11.6 Å². The third kappa shape index (κ3) is 5.44. The first-order valence-electron chi connectivity index (χ1n) is 9.30. The summed E-state index contributed by atoms with van der Waals surface area (Å²) < 4.78 is 0. The van der Waals surface area contributed by atoms with E-state index in [9.17, 15) is 9.90 Å². The Morgan fingerprint density at radius 1 is 1.28 bits per heavy atom. The van der Waals surface area contributed by atoms with E-state index in [1.165, 1.54) is 0 Å². The molecule has 1 saturated heterocycles. The molecule has 0 spiro atoms. The lowest BCUT2D eigenvalue weighted by atomic mass is 9.77. The molecule has 0 saturated carbocycles. The number of nitrogens with zero attached hydrogens (tertiary/aromatic N) is 1. The number of aliphatic hydroxyl groups is 1. The van der Waals surface area contributed by atoms with Gasteiger partial charge in [0.2, 0.25) is 5.91 Å². The quantitative estimate of drug-likeness (QED) is 0.727. The highest BCUT2D eigenvalue weighted by Crippen LogP contribution is 2.33. The van der Waals surface area contributed by atoms with Gasteiger partial charge in [0.15, 0.2) is 0 Å². The van der Waals surface area contributed by atoms with Crippen molar-refractivity contribution >= 4 is 17.5 Å². The summed E-state index contributed by atoms with van der Waals surface area (Å²) in [5, 5.41) is 14.0. The van der Waals surface area contributed by atoms with Gasteiger partial charge in [-0.2, -0.15) is 0 Å². The van der Waals surface area contributed by atoms with Gasteiger partial charge in [0.1, 0.15) is 0 Å². The monoisotopic (exact) mass is 366 g/mol. The van der Waals surface area contributed by atoms with Gasteiger partial charge in [-0.15, -0.1) is 11.6 Å². The van der Waals surface area contributed by atoms with Crippen LogP contribution in [0.4, 0.5) is 0 Å². The lowest BCUT2D eigenvalue weighted by Gasteiger charge is -2.42. The lowest BCUT2D eigenvalue weighted by molar-refractivity contribution is -0.140. The number of amides is 1. The van der Waals surface area contributed by atoms with Crippen LogP contribution in [0.15, 0.2) is 30.3 Å². The fraction of sp³-hybridized carbons (Fsp3) is 0.650. The smallest absolute Gasteiger partial charge is 0.226 e. The summed E-state index contributed by atoms with van der Waals surface area (Å²) in [5.41, 5.74) is 0.200. The molecule has 0 aromatic heterocycles. The Kier molecular flexibility index (Phi) is 7.29. The standard InChI is InChI=1S/C20H31ClN2O2/c1-4-17(19(24)22-15(2)3)20(25)10-12-23(13-11-20)14-18(21)16-8-6-5-7-9-16/h5-9,15,17-18,25H,4,10-14H2,1-3H3,(H,22,24). The third-order valence-electron chi connectivity index (χ3n) is 5.11. The van der Waals surface area contributed by atoms with Crippen LogP contribution < -0.4 is 5.32 Å². The summed E-state index contributed by atoms with van der Waals surface area (Å²) in [4.78, 5) is 14.7. The van der Waals surface area contributed by atoms with Crippen molar-refractivity contribution < 1.29 is 9.90 Å². The minimum absolute atomic E-state index is 0.0343. The van der Waals surface area contributed by atoms with Crippen LogP contribution in [-0.4, -0.2) is 47.2 Å². The molecule has 0 radical (unpaired) electrons. The summed E-state index contributed by atoms with van der Waals surface area (Å²) >= 11 is 6.54. The highest BCUT2D eigenvalue weighted by Gasteiger charge is 2.42. The SMILES string of the molecule is CCC(C(=O)NC(C)C)C1(O)CCN(CC(Cl)c2ccccc2)CC1. The molecule has 1 amide bonds. The number of rotatable bonds is 7. The number of alkyl halides is 1. The number of benzene rings is 1. The van der Waals surface area contributed by atoms with Gasteiger partial charge in [0.05, 0.1) is 16.9 Å². The summed E-state index contributed by atoms with van der Waals surface area (Å²) in [6, 6.07) is 10.2. The molecule has 140 valence electrons. The van der Waals surface area contributed by atoms with Gasteiger partial charge >= 0.3 is 0 Å². The van der Waals surface area contributed by atoms with Crippen molar-refractivity contribution in [3.05, 3.63) is 35.9 Å². The largest absolute Gasteiger partial charge is 0.389 e. The summed E-state index contributed by atoms with van der Waals surface area (Å²) in [6.45, 7) is 8.15. The van der Waals surface area contributed by atoms with Gasteiger partial charge in [-0.05, 0) is 38.7 Å². The minimum Gasteiger partial charge on any atom is -0.389 e. The Balaban J connectivity index is 1.91. The highest BCUT2D eigenvalue weighted by atomic mass is 35.5. The Morgan fingerprint density at radius 3 is 2.40 bits per heavy atom. The highest BCUT2D eigenvalue weighted by molar-refractivity contribution is 6.21. The molecular formula is C20H31ClN2O2. The number of halogens is 1. The molecule has 2 rings (SSSR count). The first-order chi connectivity index (χ1) is 11.9. The molecule has 2 N–H and O–H groups in total. The van der Waals surface area contributed by atoms with E-state index >= 15 is 0 Å². The van der Waals surface area contributed by atoms with Crippen molar-refractivity contribution in [2.24, 2.45) is 5.92 Å². The fourth-order valence-corrected chi connectivity index (χ4v) is 4.00. The van der Waals surface area contributed by atoms with Crippen LogP contribution in [0.5, 0.6) is 0 Å². The maximum Gasteiger partial charge on any atom is 0.226 e. The first kappa shape index (κ1) is 20.2. The average Bonchev–Trinajstić information content (AvgIpc) is 2.57. The zero-order valence-corrected chi connectivity index (χ0v) is 16.3. The molecule has 1 aliphatic rings. The molecule has 2 unspecified atom stereocenters. The first-order valence-corrected chi connectivity index (χ1v) is 9.73. The number of hydrogen-bond acceptors (Lipinski definition) is 3. The van der Waals surface area contributed by atoms with E-state index in [2.05, 4.69) is 10.2 Å². The van der Waals surface area contributed by atoms with Crippen molar-refractivity contribution in [3.63, 3.8) is 0 Å². The van der Waals surface area contributed by atoms with Gasteiger partial charge in [0, 0.05) is 25.7 Å². The zero-order valence-electron chi connectivity index (χ0n) is 15.5. The lowest BCUT2D eigenvalue weighted by Crippen LogP contribution is -2.54. The van der Waals surface area contributed by atoms with Crippen molar-refractivity contribution in [1.29, 1.82) is 0 Å². The Labute approximate surface area is 156 Å². The molecule has 4 nitrogen and oxygen atoms in total. The number of nitrogens with one attached hydrogen (secondary N) is 1. The van der Waals surface area contributed by atoms with Gasteiger partial charge in [0.25, 0.3) is 0 Å². The van der Waals surface area contributed by atoms with Crippen molar-refractivity contribution in [3.8, 4) is 0 Å². The molecule has 1 aromatic rings. The van der Waals surface area contributed by atoms with Crippen LogP contribution in [-0.2, 0) is 4.79 Å². The summed E-state index contributed by atoms with van der Waals surface area (Å²) in [7, 11) is 0. The molecule has 0 bridgehead atoms. The number of carbonyl (C=O) groups excluding carboxylic acids is 1. The van der Waals surface area contributed by atoms with E-state index in [0.717, 1.165) is 25.2 Å². The fourth-order valence-electron chi connectivity index (χ4n) is 3.66. The van der Waals surface area contributed by atoms with E-state index in [-0.39, 0.29) is 23.2 Å². The molecule has 1 aliphatic heterocycles. The summed E-state index contributed by atoms with van der Waals surface area (Å²) in [6.07, 6.45) is 1.86. The molecule has 0 aliphatic carbocycles. The Morgan fingerprint density at radius 2 is 1.88 bits per heavy atom. The topological polar surface area (TPSA) is 52.6 Å². The number of carbonyl (C=O) groups is 1. The van der Waals surface area contributed by atoms with Gasteiger partial charge in [-0.3, -0.25) is 4.79 Å². The van der Waals surface area contributed by atoms with Crippen molar-refractivity contribution in [1.82, 2.24) is 10.2 Å². The van der Waals surface area contributed by atoms with Crippen LogP contribution in [0, 0.1) is 5.92 Å². The second-order valence-electron chi connectivity index (χ2n) is 7.41.